The number of carbonyl (C=O) groups is 1. The number of nitrogens with zero attached hydrogens (tertiary/aromatic N) is 3. The van der Waals surface area contributed by atoms with Crippen LogP contribution in [-0.2, 0) is 0 Å². The van der Waals surface area contributed by atoms with Crippen LogP contribution < -0.4 is 16.2 Å². The number of fused-ring (bicyclic) bond motifs is 1. The van der Waals surface area contributed by atoms with Gasteiger partial charge in [0.1, 0.15) is 17.0 Å². The van der Waals surface area contributed by atoms with Crippen molar-refractivity contribution in [3.8, 4) is 23.0 Å². The van der Waals surface area contributed by atoms with Gasteiger partial charge in [-0.05, 0) is 50.2 Å². The molecule has 3 aromatic heterocycles. The maximum Gasteiger partial charge on any atom is 0.332 e. The number of amides is 1. The zero-order chi connectivity index (χ0) is 19.8. The number of aryl methyl sites for hydroxylation is 1. The molecule has 1 aromatic carbocycles. The van der Waals surface area contributed by atoms with Crippen molar-refractivity contribution in [1.29, 1.82) is 0 Å². The van der Waals surface area contributed by atoms with Crippen LogP contribution >= 0.6 is 0 Å². The zero-order valence-electron chi connectivity index (χ0n) is 15.2. The summed E-state index contributed by atoms with van der Waals surface area (Å²) in [5.74, 6) is 1.09. The van der Waals surface area contributed by atoms with E-state index in [9.17, 15) is 9.59 Å². The number of imidazole rings is 1. The Kier molecular flexibility index (Phi) is 4.19. The molecule has 0 spiro atoms. The van der Waals surface area contributed by atoms with Gasteiger partial charge in [-0.25, -0.2) is 19.3 Å². The molecule has 0 fully saturated rings. The smallest absolute Gasteiger partial charge is 0.332 e. The van der Waals surface area contributed by atoms with Crippen LogP contribution in [0, 0.1) is 6.92 Å². The molecule has 1 amide bonds. The number of carbonyl (C=O) groups excluding carboxylic acids is 1. The van der Waals surface area contributed by atoms with Crippen LogP contribution in [0.1, 0.15) is 23.2 Å². The second-order valence-corrected chi connectivity index (χ2v) is 6.06. The number of rotatable bonds is 5. The summed E-state index contributed by atoms with van der Waals surface area (Å²) < 4.78 is 12.3. The molecule has 0 aliphatic carbocycles. The highest BCUT2D eigenvalue weighted by Gasteiger charge is 2.21. The summed E-state index contributed by atoms with van der Waals surface area (Å²) in [7, 11) is 0. The Morgan fingerprint density at radius 3 is 2.57 bits per heavy atom. The Morgan fingerprint density at radius 1 is 1.21 bits per heavy atom. The average molecular weight is 379 g/mol. The molecule has 0 aliphatic rings. The molecule has 0 radical (unpaired) electrons. The molecule has 0 unspecified atom stereocenters. The Labute approximate surface area is 158 Å². The van der Waals surface area contributed by atoms with Crippen molar-refractivity contribution in [2.24, 2.45) is 5.73 Å². The van der Waals surface area contributed by atoms with E-state index in [-0.39, 0.29) is 22.7 Å². The summed E-state index contributed by atoms with van der Waals surface area (Å²) in [5, 5.41) is 0. The third kappa shape index (κ3) is 2.92. The van der Waals surface area contributed by atoms with Crippen LogP contribution in [0.25, 0.3) is 28.4 Å². The van der Waals surface area contributed by atoms with Gasteiger partial charge in [0.2, 0.25) is 0 Å². The quantitative estimate of drug-likeness (QED) is 0.547. The summed E-state index contributed by atoms with van der Waals surface area (Å²) in [4.78, 5) is 35.8. The van der Waals surface area contributed by atoms with Crippen LogP contribution in [0.5, 0.6) is 5.75 Å². The number of aromatic amines is 1. The molecule has 4 aromatic rings. The minimum Gasteiger partial charge on any atom is -0.494 e. The summed E-state index contributed by atoms with van der Waals surface area (Å²) >= 11 is 0. The fourth-order valence-corrected chi connectivity index (χ4v) is 2.93. The Bertz CT molecular complexity index is 1230. The van der Waals surface area contributed by atoms with Gasteiger partial charge in [0.05, 0.1) is 12.3 Å². The predicted molar refractivity (Wildman–Crippen MR) is 102 cm³/mol. The van der Waals surface area contributed by atoms with Gasteiger partial charge in [0, 0.05) is 0 Å². The number of primary amides is 1. The highest BCUT2D eigenvalue weighted by Crippen LogP contribution is 2.24. The van der Waals surface area contributed by atoms with Gasteiger partial charge in [-0.15, -0.1) is 0 Å². The van der Waals surface area contributed by atoms with E-state index < -0.39 is 11.6 Å². The van der Waals surface area contributed by atoms with Crippen molar-refractivity contribution in [1.82, 2.24) is 19.5 Å². The Hall–Kier alpha value is -3.88. The summed E-state index contributed by atoms with van der Waals surface area (Å²) in [6, 6.07) is 10.4. The molecule has 0 atom stereocenters. The highest BCUT2D eigenvalue weighted by molar-refractivity contribution is 6.02. The third-order valence-corrected chi connectivity index (χ3v) is 4.14. The molecular weight excluding hydrogens is 362 g/mol. The van der Waals surface area contributed by atoms with Gasteiger partial charge in [0.25, 0.3) is 5.91 Å². The van der Waals surface area contributed by atoms with Gasteiger partial charge in [-0.1, -0.05) is 0 Å². The maximum atomic E-state index is 12.6. The molecule has 9 heteroatoms. The Balaban J connectivity index is 1.96. The zero-order valence-corrected chi connectivity index (χ0v) is 15.2. The van der Waals surface area contributed by atoms with Gasteiger partial charge in [0.15, 0.2) is 22.9 Å². The van der Waals surface area contributed by atoms with E-state index in [1.54, 1.807) is 43.3 Å². The summed E-state index contributed by atoms with van der Waals surface area (Å²) in [6.07, 6.45) is 0. The van der Waals surface area contributed by atoms with E-state index in [2.05, 4.69) is 15.0 Å². The van der Waals surface area contributed by atoms with Gasteiger partial charge in [-0.2, -0.15) is 0 Å². The van der Waals surface area contributed by atoms with Crippen LogP contribution in [-0.4, -0.2) is 32.0 Å². The number of aromatic nitrogens is 4. The first kappa shape index (κ1) is 17.5. The fourth-order valence-electron chi connectivity index (χ4n) is 2.93. The highest BCUT2D eigenvalue weighted by atomic mass is 16.5. The van der Waals surface area contributed by atoms with Crippen molar-refractivity contribution >= 4 is 17.1 Å². The fraction of sp³-hybridized carbons (Fsp3) is 0.158. The maximum absolute atomic E-state index is 12.6. The number of benzene rings is 1. The molecule has 9 nitrogen and oxygen atoms in total. The van der Waals surface area contributed by atoms with Gasteiger partial charge in [-0.3, -0.25) is 4.79 Å². The first-order valence-corrected chi connectivity index (χ1v) is 8.60. The molecule has 0 saturated carbocycles. The van der Waals surface area contributed by atoms with Crippen molar-refractivity contribution in [3.63, 3.8) is 0 Å². The largest absolute Gasteiger partial charge is 0.494 e. The van der Waals surface area contributed by atoms with Gasteiger partial charge >= 0.3 is 5.69 Å². The van der Waals surface area contributed by atoms with E-state index >= 15 is 0 Å². The van der Waals surface area contributed by atoms with E-state index in [0.717, 1.165) is 0 Å². The number of nitrogens with one attached hydrogen (secondary N) is 1. The molecule has 0 aliphatic heterocycles. The molecule has 4 rings (SSSR count). The van der Waals surface area contributed by atoms with E-state index in [4.69, 9.17) is 14.9 Å². The molecular formula is C19H17N5O4. The second-order valence-electron chi connectivity index (χ2n) is 6.06. The monoisotopic (exact) mass is 379 g/mol. The Morgan fingerprint density at radius 2 is 1.96 bits per heavy atom. The molecule has 142 valence electrons. The van der Waals surface area contributed by atoms with Crippen LogP contribution in [0.3, 0.4) is 0 Å². The van der Waals surface area contributed by atoms with Crippen molar-refractivity contribution < 1.29 is 13.9 Å². The third-order valence-electron chi connectivity index (χ3n) is 4.14. The predicted octanol–water partition coefficient (Wildman–Crippen LogP) is 2.17. The molecule has 3 heterocycles. The lowest BCUT2D eigenvalue weighted by molar-refractivity contribution is 0.0997. The summed E-state index contributed by atoms with van der Waals surface area (Å²) in [6.45, 7) is 4.20. The normalized spacial score (nSPS) is 11.1. The van der Waals surface area contributed by atoms with Gasteiger partial charge < -0.3 is 19.9 Å². The SMILES string of the molecule is CCOc1ccc(-n2c(=O)[nH]c3c(C(N)=O)nc(-c4ccc(C)o4)nc32)cc1. The number of ether oxygens (including phenoxy) is 1. The number of H-pyrrole nitrogens is 1. The second kappa shape index (κ2) is 6.69. The average Bonchev–Trinajstić information content (AvgIpc) is 3.24. The van der Waals surface area contributed by atoms with Crippen LogP contribution in [0.4, 0.5) is 0 Å². The number of hydrogen-bond acceptors (Lipinski definition) is 6. The lowest BCUT2D eigenvalue weighted by Gasteiger charge is -2.07. The van der Waals surface area contributed by atoms with Crippen molar-refractivity contribution in [3.05, 3.63) is 58.3 Å². The van der Waals surface area contributed by atoms with E-state index in [0.29, 0.717) is 29.6 Å². The standard InChI is InChI=1S/C19H17N5O4/c1-3-27-12-7-5-11(6-8-12)24-18-15(22-19(24)26)14(16(20)25)21-17(23-18)13-9-4-10(2)28-13/h4-9H,3H2,1-2H3,(H2,20,25)(H,22,26). The molecule has 3 N–H and O–H groups in total. The van der Waals surface area contributed by atoms with Crippen LogP contribution in [0.15, 0.2) is 45.6 Å². The number of furan rings is 1. The number of hydrogen-bond donors (Lipinski definition) is 2. The topological polar surface area (TPSA) is 129 Å². The molecule has 0 bridgehead atoms. The van der Waals surface area contributed by atoms with E-state index in [1.165, 1.54) is 4.57 Å². The van der Waals surface area contributed by atoms with E-state index in [1.807, 2.05) is 6.92 Å². The molecule has 28 heavy (non-hydrogen) atoms. The van der Waals surface area contributed by atoms with Crippen LogP contribution in [0.2, 0.25) is 0 Å². The minimum absolute atomic E-state index is 0.0872. The lowest BCUT2D eigenvalue weighted by Crippen LogP contribution is -2.15. The minimum atomic E-state index is -0.781. The summed E-state index contributed by atoms with van der Waals surface area (Å²) in [5.41, 5.74) is 5.86. The van der Waals surface area contributed by atoms with Crippen molar-refractivity contribution in [2.75, 3.05) is 6.61 Å². The lowest BCUT2D eigenvalue weighted by atomic mass is 10.3. The first-order valence-electron chi connectivity index (χ1n) is 8.60. The number of nitrogens with two attached hydrogens (primary N) is 1. The molecule has 0 saturated heterocycles. The van der Waals surface area contributed by atoms with Crippen molar-refractivity contribution in [2.45, 2.75) is 13.8 Å². The first-order chi connectivity index (χ1) is 13.5.